The third-order valence-electron chi connectivity index (χ3n) is 6.04. The SMILES string of the molecule is C=C1C(CC)=CC(c2cc(F)c3cc(C4CCN(C)CC4)nnc3c2)=NN1C=C(C)C. The fraction of sp³-hybridized carbons (Fsp3) is 0.400. The zero-order valence-corrected chi connectivity index (χ0v) is 18.8. The smallest absolute Gasteiger partial charge is 0.133 e. The van der Waals surface area contributed by atoms with Crippen LogP contribution < -0.4 is 0 Å². The van der Waals surface area contributed by atoms with Crippen LogP contribution in [0.5, 0.6) is 0 Å². The van der Waals surface area contributed by atoms with Crippen LogP contribution in [-0.4, -0.2) is 46.0 Å². The summed E-state index contributed by atoms with van der Waals surface area (Å²) in [5.74, 6) is 0.0532. The normalized spacial score (nSPS) is 18.2. The van der Waals surface area contributed by atoms with E-state index in [0.717, 1.165) is 54.9 Å². The zero-order chi connectivity index (χ0) is 22.1. The Bertz CT molecular complexity index is 1100. The number of halogens is 1. The number of allylic oxidation sites excluding steroid dienone is 3. The summed E-state index contributed by atoms with van der Waals surface area (Å²) in [7, 11) is 2.13. The molecule has 5 nitrogen and oxygen atoms in total. The van der Waals surface area contributed by atoms with Gasteiger partial charge >= 0.3 is 0 Å². The Labute approximate surface area is 183 Å². The fourth-order valence-electron chi connectivity index (χ4n) is 4.17. The van der Waals surface area contributed by atoms with E-state index in [0.29, 0.717) is 28.1 Å². The van der Waals surface area contributed by atoms with E-state index in [-0.39, 0.29) is 5.82 Å². The molecule has 0 spiro atoms. The first-order chi connectivity index (χ1) is 14.9. The number of likely N-dealkylation sites (tertiary alicyclic amines) is 1. The Morgan fingerprint density at radius 3 is 2.61 bits per heavy atom. The fourth-order valence-corrected chi connectivity index (χ4v) is 4.17. The first kappa shape index (κ1) is 21.4. The van der Waals surface area contributed by atoms with Gasteiger partial charge in [0.15, 0.2) is 0 Å². The molecular weight excluding hydrogens is 389 g/mol. The lowest BCUT2D eigenvalue weighted by Gasteiger charge is -2.28. The second-order valence-electron chi connectivity index (χ2n) is 8.74. The number of hydrazone groups is 1. The van der Waals surface area contributed by atoms with Gasteiger partial charge in [0.1, 0.15) is 5.82 Å². The van der Waals surface area contributed by atoms with Gasteiger partial charge in [0.05, 0.1) is 22.6 Å². The highest BCUT2D eigenvalue weighted by atomic mass is 19.1. The van der Waals surface area contributed by atoms with Crippen LogP contribution in [0.15, 0.2) is 59.0 Å². The summed E-state index contributed by atoms with van der Waals surface area (Å²) < 4.78 is 15.2. The minimum absolute atomic E-state index is 0.288. The number of hydrogen-bond acceptors (Lipinski definition) is 5. The van der Waals surface area contributed by atoms with Crippen molar-refractivity contribution in [3.05, 3.63) is 71.0 Å². The Balaban J connectivity index is 1.71. The highest BCUT2D eigenvalue weighted by Gasteiger charge is 2.22. The highest BCUT2D eigenvalue weighted by molar-refractivity contribution is 6.11. The second kappa shape index (κ2) is 8.71. The Kier molecular flexibility index (Phi) is 6.01. The molecule has 3 heterocycles. The quantitative estimate of drug-likeness (QED) is 0.668. The van der Waals surface area contributed by atoms with Gasteiger partial charge in [0.2, 0.25) is 0 Å². The zero-order valence-electron chi connectivity index (χ0n) is 18.8. The first-order valence-corrected chi connectivity index (χ1v) is 10.9. The number of nitrogens with zero attached hydrogens (tertiary/aromatic N) is 5. The molecule has 162 valence electrons. The number of piperidine rings is 1. The molecule has 2 aromatic rings. The summed E-state index contributed by atoms with van der Waals surface area (Å²) in [4.78, 5) is 2.31. The van der Waals surface area contributed by atoms with Crippen LogP contribution in [0.1, 0.15) is 57.2 Å². The van der Waals surface area contributed by atoms with Crippen LogP contribution in [0, 0.1) is 5.82 Å². The number of hydrogen-bond donors (Lipinski definition) is 0. The molecular formula is C25H30FN5. The number of rotatable bonds is 4. The lowest BCUT2D eigenvalue weighted by Crippen LogP contribution is -2.29. The van der Waals surface area contributed by atoms with E-state index in [1.165, 1.54) is 0 Å². The van der Waals surface area contributed by atoms with Gasteiger partial charge in [-0.15, -0.1) is 0 Å². The van der Waals surface area contributed by atoms with Crippen molar-refractivity contribution < 1.29 is 4.39 Å². The first-order valence-electron chi connectivity index (χ1n) is 10.9. The third kappa shape index (κ3) is 4.44. The minimum atomic E-state index is -0.288. The molecule has 0 amide bonds. The predicted molar refractivity (Wildman–Crippen MR) is 124 cm³/mol. The van der Waals surface area contributed by atoms with Gasteiger partial charge in [-0.25, -0.2) is 9.40 Å². The van der Waals surface area contributed by atoms with E-state index in [9.17, 15) is 0 Å². The average Bonchev–Trinajstić information content (AvgIpc) is 2.75. The molecule has 0 radical (unpaired) electrons. The van der Waals surface area contributed by atoms with Crippen molar-refractivity contribution in [3.63, 3.8) is 0 Å². The van der Waals surface area contributed by atoms with Crippen LogP contribution >= 0.6 is 0 Å². The largest absolute Gasteiger partial charge is 0.306 e. The second-order valence-corrected chi connectivity index (χ2v) is 8.74. The van der Waals surface area contributed by atoms with E-state index in [2.05, 4.69) is 35.6 Å². The maximum atomic E-state index is 15.2. The maximum Gasteiger partial charge on any atom is 0.133 e. The predicted octanol–water partition coefficient (Wildman–Crippen LogP) is 5.37. The molecule has 0 N–H and O–H groups in total. The monoisotopic (exact) mass is 419 g/mol. The Morgan fingerprint density at radius 2 is 1.94 bits per heavy atom. The summed E-state index contributed by atoms with van der Waals surface area (Å²) in [6, 6.07) is 5.31. The molecule has 0 atom stereocenters. The molecule has 1 aromatic carbocycles. The van der Waals surface area contributed by atoms with Crippen molar-refractivity contribution in [1.82, 2.24) is 20.1 Å². The van der Waals surface area contributed by atoms with Crippen LogP contribution in [0.4, 0.5) is 4.39 Å². The molecule has 6 heteroatoms. The van der Waals surface area contributed by atoms with Gasteiger partial charge < -0.3 is 4.90 Å². The Morgan fingerprint density at radius 1 is 1.19 bits per heavy atom. The van der Waals surface area contributed by atoms with E-state index in [1.807, 2.05) is 38.3 Å². The molecule has 1 aromatic heterocycles. The topological polar surface area (TPSA) is 44.6 Å². The van der Waals surface area contributed by atoms with Gasteiger partial charge in [0.25, 0.3) is 0 Å². The molecule has 31 heavy (non-hydrogen) atoms. The standard InChI is InChI=1S/C25H30FN5/c1-6-18-12-24(29-31(17(18)4)15-16(2)3)20-11-22(26)21-14-23(27-28-25(21)13-20)19-7-9-30(5)10-8-19/h11-15,19H,4,6-10H2,1-3,5H3. The molecule has 4 rings (SSSR count). The van der Waals surface area contributed by atoms with Crippen LogP contribution in [0.2, 0.25) is 0 Å². The lowest BCUT2D eigenvalue weighted by atomic mass is 9.92. The molecule has 1 fully saturated rings. The summed E-state index contributed by atoms with van der Waals surface area (Å²) >= 11 is 0. The molecule has 2 aliphatic heterocycles. The van der Waals surface area contributed by atoms with Gasteiger partial charge in [-0.1, -0.05) is 19.1 Å². The van der Waals surface area contributed by atoms with Gasteiger partial charge in [-0.2, -0.15) is 15.3 Å². The van der Waals surface area contributed by atoms with Gasteiger partial charge in [0, 0.05) is 23.1 Å². The van der Waals surface area contributed by atoms with E-state index in [1.54, 1.807) is 11.1 Å². The minimum Gasteiger partial charge on any atom is -0.306 e. The maximum absolute atomic E-state index is 15.2. The molecule has 1 saturated heterocycles. The number of fused-ring (bicyclic) bond motifs is 1. The summed E-state index contributed by atoms with van der Waals surface area (Å²) in [6.07, 6.45) is 6.80. The molecule has 0 aliphatic carbocycles. The molecule has 2 aliphatic rings. The highest BCUT2D eigenvalue weighted by Crippen LogP contribution is 2.30. The number of benzene rings is 1. The van der Waals surface area contributed by atoms with Crippen LogP contribution in [-0.2, 0) is 0 Å². The number of aromatic nitrogens is 2. The van der Waals surface area contributed by atoms with E-state index in [4.69, 9.17) is 5.10 Å². The summed E-state index contributed by atoms with van der Waals surface area (Å²) in [5, 5.41) is 15.8. The van der Waals surface area contributed by atoms with Crippen molar-refractivity contribution in [1.29, 1.82) is 0 Å². The van der Waals surface area contributed by atoms with Crippen molar-refractivity contribution in [2.75, 3.05) is 20.1 Å². The van der Waals surface area contributed by atoms with E-state index >= 15 is 4.39 Å². The van der Waals surface area contributed by atoms with Crippen molar-refractivity contribution in [2.24, 2.45) is 5.10 Å². The van der Waals surface area contributed by atoms with Crippen LogP contribution in [0.25, 0.3) is 10.9 Å². The Hall–Kier alpha value is -2.86. The van der Waals surface area contributed by atoms with Gasteiger partial charge in [-0.3, -0.25) is 0 Å². The average molecular weight is 420 g/mol. The molecule has 0 saturated carbocycles. The summed E-state index contributed by atoms with van der Waals surface area (Å²) in [5.41, 5.74) is 5.86. The van der Waals surface area contributed by atoms with Gasteiger partial charge in [-0.05, 0) is 83.1 Å². The summed E-state index contributed by atoms with van der Waals surface area (Å²) in [6.45, 7) is 12.3. The van der Waals surface area contributed by atoms with Crippen LogP contribution in [0.3, 0.4) is 0 Å². The third-order valence-corrected chi connectivity index (χ3v) is 6.04. The lowest BCUT2D eigenvalue weighted by molar-refractivity contribution is 0.253. The van der Waals surface area contributed by atoms with Crippen molar-refractivity contribution in [2.45, 2.75) is 46.0 Å². The van der Waals surface area contributed by atoms with E-state index < -0.39 is 0 Å². The van der Waals surface area contributed by atoms with Crippen molar-refractivity contribution >= 4 is 16.6 Å². The van der Waals surface area contributed by atoms with Crippen molar-refractivity contribution in [3.8, 4) is 0 Å². The molecule has 0 bridgehead atoms. The molecule has 0 unspecified atom stereocenters.